The lowest BCUT2D eigenvalue weighted by Gasteiger charge is -2.18. The first kappa shape index (κ1) is 19.6. The van der Waals surface area contributed by atoms with Gasteiger partial charge in [-0.2, -0.15) is 0 Å². The summed E-state index contributed by atoms with van der Waals surface area (Å²) in [5.74, 6) is -0.567. The van der Waals surface area contributed by atoms with Gasteiger partial charge in [-0.1, -0.05) is 12.1 Å². The van der Waals surface area contributed by atoms with Crippen LogP contribution in [-0.4, -0.2) is 28.4 Å². The Hall–Kier alpha value is -2.14. The van der Waals surface area contributed by atoms with Crippen molar-refractivity contribution in [2.45, 2.75) is 14.4 Å². The summed E-state index contributed by atoms with van der Waals surface area (Å²) in [6.45, 7) is -0.383. The minimum absolute atomic E-state index is 0.136. The fourth-order valence-corrected chi connectivity index (χ4v) is 6.42. The van der Waals surface area contributed by atoms with Crippen molar-refractivity contribution in [3.8, 4) is 0 Å². The van der Waals surface area contributed by atoms with E-state index in [2.05, 4.69) is 9.71 Å². The highest BCUT2D eigenvalue weighted by molar-refractivity contribution is 7.93. The van der Waals surface area contributed by atoms with E-state index in [4.69, 9.17) is 0 Å². The molecule has 0 saturated heterocycles. The van der Waals surface area contributed by atoms with Gasteiger partial charge in [0.2, 0.25) is 10.0 Å². The van der Waals surface area contributed by atoms with Gasteiger partial charge in [-0.05, 0) is 47.3 Å². The normalized spacial score (nSPS) is 13.4. The summed E-state index contributed by atoms with van der Waals surface area (Å²) < 4.78 is 66.4. The number of hydrogen-bond acceptors (Lipinski definition) is 6. The number of halogens is 1. The molecule has 1 atom stereocenters. The molecule has 142 valence electrons. The van der Waals surface area contributed by atoms with Crippen molar-refractivity contribution in [2.24, 2.45) is 0 Å². The molecule has 3 rings (SSSR count). The van der Waals surface area contributed by atoms with Crippen LogP contribution in [0.15, 0.2) is 75.4 Å². The molecule has 0 fully saturated rings. The van der Waals surface area contributed by atoms with Crippen LogP contribution in [-0.2, 0) is 19.9 Å². The third-order valence-corrected chi connectivity index (χ3v) is 8.76. The predicted octanol–water partition coefficient (Wildman–Crippen LogP) is 2.78. The first-order valence-electron chi connectivity index (χ1n) is 7.73. The fourth-order valence-electron chi connectivity index (χ4n) is 2.42. The number of thiophene rings is 1. The van der Waals surface area contributed by atoms with Crippen molar-refractivity contribution in [2.75, 3.05) is 6.54 Å². The van der Waals surface area contributed by atoms with E-state index in [0.29, 0.717) is 5.56 Å². The Morgan fingerprint density at radius 2 is 1.78 bits per heavy atom. The van der Waals surface area contributed by atoms with Crippen molar-refractivity contribution in [1.82, 2.24) is 9.71 Å². The second kappa shape index (κ2) is 7.85. The Kier molecular flexibility index (Phi) is 5.70. The molecule has 0 saturated carbocycles. The van der Waals surface area contributed by atoms with Gasteiger partial charge in [0.25, 0.3) is 0 Å². The number of aromatic nitrogens is 1. The lowest BCUT2D eigenvalue weighted by molar-refractivity contribution is 0.569. The SMILES string of the molecule is O=S(=O)(NCC(c1cccnc1)S(=O)(=O)c1cccs1)c1ccc(F)cc1. The maximum Gasteiger partial charge on any atom is 0.240 e. The van der Waals surface area contributed by atoms with E-state index in [0.717, 1.165) is 35.6 Å². The zero-order valence-corrected chi connectivity index (χ0v) is 16.3. The molecule has 0 spiro atoms. The van der Waals surface area contributed by atoms with Crippen LogP contribution in [0.5, 0.6) is 0 Å². The molecule has 0 aliphatic rings. The number of hydrogen-bond donors (Lipinski definition) is 1. The van der Waals surface area contributed by atoms with Crippen LogP contribution in [0.2, 0.25) is 0 Å². The number of rotatable bonds is 7. The van der Waals surface area contributed by atoms with E-state index < -0.39 is 30.9 Å². The largest absolute Gasteiger partial charge is 0.264 e. The van der Waals surface area contributed by atoms with Crippen LogP contribution in [0.25, 0.3) is 0 Å². The van der Waals surface area contributed by atoms with E-state index in [1.165, 1.54) is 18.5 Å². The Balaban J connectivity index is 1.92. The first-order valence-corrected chi connectivity index (χ1v) is 11.6. The summed E-state index contributed by atoms with van der Waals surface area (Å²) in [6.07, 6.45) is 2.89. The number of nitrogens with one attached hydrogen (secondary N) is 1. The van der Waals surface area contributed by atoms with Crippen LogP contribution >= 0.6 is 11.3 Å². The van der Waals surface area contributed by atoms with Gasteiger partial charge >= 0.3 is 0 Å². The lowest BCUT2D eigenvalue weighted by atomic mass is 10.2. The van der Waals surface area contributed by atoms with E-state index >= 15 is 0 Å². The number of sulfonamides is 1. The summed E-state index contributed by atoms with van der Waals surface area (Å²) in [6, 6.07) is 10.5. The van der Waals surface area contributed by atoms with Gasteiger partial charge in [0, 0.05) is 18.9 Å². The number of pyridine rings is 1. The van der Waals surface area contributed by atoms with E-state index in [9.17, 15) is 21.2 Å². The molecule has 27 heavy (non-hydrogen) atoms. The topological polar surface area (TPSA) is 93.2 Å². The Labute approximate surface area is 160 Å². The summed E-state index contributed by atoms with van der Waals surface area (Å²) in [5, 5.41) is 0.482. The highest BCUT2D eigenvalue weighted by Crippen LogP contribution is 2.31. The molecule has 0 aliphatic carbocycles. The zero-order chi connectivity index (χ0) is 19.5. The summed E-state index contributed by atoms with van der Waals surface area (Å²) in [7, 11) is -7.84. The molecule has 2 aromatic heterocycles. The molecule has 0 aliphatic heterocycles. The van der Waals surface area contributed by atoms with Crippen LogP contribution in [0.4, 0.5) is 4.39 Å². The molecular weight excluding hydrogens is 411 g/mol. The van der Waals surface area contributed by atoms with Gasteiger partial charge in [0.15, 0.2) is 9.84 Å². The van der Waals surface area contributed by atoms with E-state index in [1.807, 2.05) is 0 Å². The van der Waals surface area contributed by atoms with Crippen LogP contribution < -0.4 is 4.72 Å². The number of benzene rings is 1. The lowest BCUT2D eigenvalue weighted by Crippen LogP contribution is -2.31. The smallest absolute Gasteiger partial charge is 0.240 e. The van der Waals surface area contributed by atoms with Crippen LogP contribution in [0.1, 0.15) is 10.8 Å². The number of nitrogens with zero attached hydrogens (tertiary/aromatic N) is 1. The van der Waals surface area contributed by atoms with Gasteiger partial charge in [-0.25, -0.2) is 25.9 Å². The van der Waals surface area contributed by atoms with Gasteiger partial charge in [-0.3, -0.25) is 4.98 Å². The predicted molar refractivity (Wildman–Crippen MR) is 100 cm³/mol. The van der Waals surface area contributed by atoms with Crippen molar-refractivity contribution >= 4 is 31.2 Å². The highest BCUT2D eigenvalue weighted by atomic mass is 32.2. The third-order valence-electron chi connectivity index (χ3n) is 3.79. The summed E-state index contributed by atoms with van der Waals surface area (Å²) in [5.41, 5.74) is 0.368. The Bertz CT molecular complexity index is 1100. The molecule has 1 N–H and O–H groups in total. The van der Waals surface area contributed by atoms with E-state index in [1.54, 1.807) is 23.6 Å². The Morgan fingerprint density at radius 1 is 1.04 bits per heavy atom. The molecule has 0 radical (unpaired) electrons. The van der Waals surface area contributed by atoms with Gasteiger partial charge in [-0.15, -0.1) is 11.3 Å². The third kappa shape index (κ3) is 4.41. The molecule has 0 amide bonds. The van der Waals surface area contributed by atoms with Gasteiger partial charge < -0.3 is 0 Å². The fraction of sp³-hybridized carbons (Fsp3) is 0.118. The van der Waals surface area contributed by atoms with Gasteiger partial charge in [0.1, 0.15) is 15.3 Å². The summed E-state index contributed by atoms with van der Waals surface area (Å²) >= 11 is 1.06. The maximum atomic E-state index is 13.0. The van der Waals surface area contributed by atoms with Crippen molar-refractivity contribution in [3.05, 3.63) is 77.7 Å². The second-order valence-electron chi connectivity index (χ2n) is 5.56. The molecular formula is C17H15FN2O4S3. The highest BCUT2D eigenvalue weighted by Gasteiger charge is 2.31. The minimum Gasteiger partial charge on any atom is -0.264 e. The Morgan fingerprint density at radius 3 is 2.37 bits per heavy atom. The average molecular weight is 427 g/mol. The quantitative estimate of drug-likeness (QED) is 0.627. The monoisotopic (exact) mass is 426 g/mol. The number of sulfone groups is 1. The van der Waals surface area contributed by atoms with Gasteiger partial charge in [0.05, 0.1) is 4.90 Å². The van der Waals surface area contributed by atoms with Crippen molar-refractivity contribution < 1.29 is 21.2 Å². The maximum absolute atomic E-state index is 13.0. The minimum atomic E-state index is -4.01. The molecule has 0 bridgehead atoms. The second-order valence-corrected chi connectivity index (χ2v) is 10.6. The standard InChI is InChI=1S/C17H15FN2O4S3/c18-14-5-7-15(8-6-14)27(23,24)20-12-16(13-3-1-9-19-11-13)26(21,22)17-4-2-10-25-17/h1-11,16,20H,12H2. The molecule has 6 nitrogen and oxygen atoms in total. The van der Waals surface area contributed by atoms with Crippen LogP contribution in [0, 0.1) is 5.82 Å². The van der Waals surface area contributed by atoms with Crippen LogP contribution in [0.3, 0.4) is 0 Å². The molecule has 10 heteroatoms. The average Bonchev–Trinajstić information content (AvgIpc) is 3.18. The van der Waals surface area contributed by atoms with Crippen molar-refractivity contribution in [1.29, 1.82) is 0 Å². The van der Waals surface area contributed by atoms with Crippen molar-refractivity contribution in [3.63, 3.8) is 0 Å². The molecule has 1 aromatic carbocycles. The molecule has 2 heterocycles. The molecule has 3 aromatic rings. The first-order chi connectivity index (χ1) is 12.8. The molecule has 1 unspecified atom stereocenters. The van der Waals surface area contributed by atoms with E-state index in [-0.39, 0.29) is 15.6 Å². The zero-order valence-electron chi connectivity index (χ0n) is 13.8. The summed E-state index contributed by atoms with van der Waals surface area (Å²) in [4.78, 5) is 3.78.